The van der Waals surface area contributed by atoms with Crippen molar-refractivity contribution in [3.8, 4) is 11.5 Å². The monoisotopic (exact) mass is 360 g/mol. The Labute approximate surface area is 162 Å². The molecular weight excluding hydrogens is 343 g/mol. The number of aryl methyl sites for hydroxylation is 2. The summed E-state index contributed by atoms with van der Waals surface area (Å²) in [5.41, 5.74) is 2.90. The minimum atomic E-state index is -0.00352. The maximum atomic E-state index is 11.3. The normalized spacial score (nSPS) is 9.62. The number of hydrogen-bond acceptors (Lipinski definition) is 5. The minimum Gasteiger partial charge on any atom is -0.871 e. The van der Waals surface area contributed by atoms with Gasteiger partial charge >= 0.3 is 17.4 Å². The van der Waals surface area contributed by atoms with Gasteiger partial charge in [0.05, 0.1) is 11.0 Å². The molecule has 2 aromatic carbocycles. The fraction of sp³-hybridized carbons (Fsp3) is 0.100. The Kier molecular flexibility index (Phi) is 7.54. The summed E-state index contributed by atoms with van der Waals surface area (Å²) in [6, 6.07) is 18.0. The summed E-state index contributed by atoms with van der Waals surface area (Å²) in [4.78, 5) is 8.33. The molecule has 0 spiro atoms. The first-order valence-electron chi connectivity index (χ1n) is 7.61. The van der Waals surface area contributed by atoms with Gasteiger partial charge in [-0.2, -0.15) is 0 Å². The van der Waals surface area contributed by atoms with Crippen LogP contribution in [0.2, 0.25) is 0 Å². The molecule has 6 heteroatoms. The maximum absolute atomic E-state index is 11.3. The molecule has 1 N–H and O–H groups in total. The Bertz CT molecular complexity index is 939. The molecule has 0 saturated carbocycles. The maximum Gasteiger partial charge on any atom is 3.00 e. The predicted octanol–water partition coefficient (Wildman–Crippen LogP) is 2.68. The van der Waals surface area contributed by atoms with Gasteiger partial charge in [0.15, 0.2) is 0 Å². The molecule has 0 amide bonds. The molecule has 0 atom stereocenters. The van der Waals surface area contributed by atoms with Crippen LogP contribution in [0, 0.1) is 13.8 Å². The van der Waals surface area contributed by atoms with E-state index in [4.69, 9.17) is 0 Å². The molecule has 0 fully saturated rings. The summed E-state index contributed by atoms with van der Waals surface area (Å²) in [5.74, 6) is -0.00704. The van der Waals surface area contributed by atoms with E-state index in [-0.39, 0.29) is 34.3 Å². The van der Waals surface area contributed by atoms with Crippen molar-refractivity contribution < 1.29 is 15.7 Å². The second kappa shape index (κ2) is 9.16. The van der Waals surface area contributed by atoms with Gasteiger partial charge in [0.25, 0.3) is 0 Å². The molecule has 0 radical (unpaired) electrons. The van der Waals surface area contributed by atoms with Crippen molar-refractivity contribution in [2.75, 3.05) is 0 Å². The fourth-order valence-electron chi connectivity index (χ4n) is 2.43. The van der Waals surface area contributed by atoms with Crippen LogP contribution in [0.1, 0.15) is 11.4 Å². The Morgan fingerprint density at radius 1 is 0.615 bits per heavy atom. The molecule has 4 aromatic rings. The first-order chi connectivity index (χ1) is 11.5. The molecule has 0 saturated heterocycles. The molecule has 128 valence electrons. The third-order valence-corrected chi connectivity index (χ3v) is 3.64. The van der Waals surface area contributed by atoms with E-state index < -0.39 is 0 Å². The molecule has 2 heterocycles. The number of rotatable bonds is 0. The fourth-order valence-corrected chi connectivity index (χ4v) is 2.43. The molecule has 0 aliphatic heterocycles. The largest absolute Gasteiger partial charge is 3.00 e. The molecule has 0 aliphatic carbocycles. The van der Waals surface area contributed by atoms with Crippen molar-refractivity contribution in [1.29, 1.82) is 0 Å². The van der Waals surface area contributed by atoms with Crippen LogP contribution in [0.3, 0.4) is 0 Å². The average Bonchev–Trinajstić information content (AvgIpc) is 2.57. The van der Waals surface area contributed by atoms with Crippen LogP contribution in [0.5, 0.6) is 11.5 Å². The van der Waals surface area contributed by atoms with Gasteiger partial charge in [0, 0.05) is 11.4 Å². The van der Waals surface area contributed by atoms with Crippen LogP contribution < -0.4 is 10.2 Å². The van der Waals surface area contributed by atoms with E-state index in [1.54, 1.807) is 12.1 Å². The van der Waals surface area contributed by atoms with E-state index in [0.29, 0.717) is 11.0 Å². The summed E-state index contributed by atoms with van der Waals surface area (Å²) in [7, 11) is 0. The van der Waals surface area contributed by atoms with Gasteiger partial charge in [-0.05, 0) is 36.8 Å². The van der Waals surface area contributed by atoms with Crippen LogP contribution in [0.15, 0.2) is 60.7 Å². The SMILES string of the molecule is Cc1ccc2cccc([O-])c2n1.Cc1ccc2cccc([O-])c2n1.[Al+3].[OH-]. The van der Waals surface area contributed by atoms with Gasteiger partial charge in [0.2, 0.25) is 0 Å². The first kappa shape index (κ1) is 21.4. The average molecular weight is 360 g/mol. The van der Waals surface area contributed by atoms with E-state index in [2.05, 4.69) is 9.97 Å². The van der Waals surface area contributed by atoms with E-state index in [1.165, 1.54) is 12.1 Å². The standard InChI is InChI=1S/2C10H9NO.Al.H2O/c2*1-7-5-6-8-3-2-4-9(12)10(8)11-7;;/h2*2-6,12H,1H3;;1H2/q;;+3;/p-3. The Hall–Kier alpha value is -2.65. The first-order valence-corrected chi connectivity index (χ1v) is 7.61. The van der Waals surface area contributed by atoms with E-state index >= 15 is 0 Å². The number of nitrogens with zero attached hydrogens (tertiary/aromatic N) is 2. The second-order valence-corrected chi connectivity index (χ2v) is 5.56. The van der Waals surface area contributed by atoms with Crippen LogP contribution in [-0.4, -0.2) is 32.8 Å². The summed E-state index contributed by atoms with van der Waals surface area (Å²) >= 11 is 0. The zero-order chi connectivity index (χ0) is 17.1. The molecule has 2 aromatic heterocycles. The molecule has 0 aliphatic rings. The third kappa shape index (κ3) is 4.71. The van der Waals surface area contributed by atoms with Gasteiger partial charge in [-0.25, -0.2) is 0 Å². The number of aromatic nitrogens is 2. The quantitative estimate of drug-likeness (QED) is 0.449. The molecule has 4 rings (SSSR count). The Balaban J connectivity index is 0.000000241. The van der Waals surface area contributed by atoms with Crippen LogP contribution in [-0.2, 0) is 0 Å². The van der Waals surface area contributed by atoms with Crippen molar-refractivity contribution in [2.24, 2.45) is 0 Å². The number of fused-ring (bicyclic) bond motifs is 2. The summed E-state index contributed by atoms with van der Waals surface area (Å²) < 4.78 is 0. The zero-order valence-corrected chi connectivity index (χ0v) is 15.7. The van der Waals surface area contributed by atoms with Crippen LogP contribution >= 0.6 is 0 Å². The van der Waals surface area contributed by atoms with E-state index in [9.17, 15) is 10.2 Å². The van der Waals surface area contributed by atoms with Crippen molar-refractivity contribution in [3.63, 3.8) is 0 Å². The smallest absolute Gasteiger partial charge is 0.871 e. The molecule has 0 unspecified atom stereocenters. The van der Waals surface area contributed by atoms with E-state index in [0.717, 1.165) is 22.2 Å². The minimum absolute atomic E-state index is 0. The van der Waals surface area contributed by atoms with Crippen LogP contribution in [0.4, 0.5) is 0 Å². The summed E-state index contributed by atoms with van der Waals surface area (Å²) in [5, 5.41) is 24.4. The van der Waals surface area contributed by atoms with Crippen molar-refractivity contribution in [2.45, 2.75) is 13.8 Å². The summed E-state index contributed by atoms with van der Waals surface area (Å²) in [6.07, 6.45) is 0. The number of para-hydroxylation sites is 2. The topological polar surface area (TPSA) is 102 Å². The summed E-state index contributed by atoms with van der Waals surface area (Å²) in [6.45, 7) is 3.76. The van der Waals surface area contributed by atoms with Gasteiger partial charge in [-0.15, -0.1) is 0 Å². The van der Waals surface area contributed by atoms with Gasteiger partial charge in [0.1, 0.15) is 0 Å². The number of hydrogen-bond donors (Lipinski definition) is 0. The number of benzene rings is 2. The Morgan fingerprint density at radius 3 is 1.38 bits per heavy atom. The zero-order valence-electron chi connectivity index (χ0n) is 14.5. The molecule has 5 nitrogen and oxygen atoms in total. The van der Waals surface area contributed by atoms with E-state index in [1.807, 2.05) is 50.2 Å². The Morgan fingerprint density at radius 2 is 1.00 bits per heavy atom. The second-order valence-electron chi connectivity index (χ2n) is 5.56. The van der Waals surface area contributed by atoms with Gasteiger partial charge in [-0.1, -0.05) is 60.0 Å². The molecule has 0 bridgehead atoms. The van der Waals surface area contributed by atoms with Crippen molar-refractivity contribution in [3.05, 3.63) is 72.1 Å². The third-order valence-electron chi connectivity index (χ3n) is 3.64. The predicted molar refractivity (Wildman–Crippen MR) is 99.5 cm³/mol. The van der Waals surface area contributed by atoms with Crippen LogP contribution in [0.25, 0.3) is 21.8 Å². The number of pyridine rings is 2. The van der Waals surface area contributed by atoms with Crippen molar-refractivity contribution >= 4 is 39.2 Å². The van der Waals surface area contributed by atoms with Gasteiger partial charge < -0.3 is 15.7 Å². The van der Waals surface area contributed by atoms with Crippen molar-refractivity contribution in [1.82, 2.24) is 9.97 Å². The molecule has 26 heavy (non-hydrogen) atoms. The molecular formula is C20H17AlN2O3. The van der Waals surface area contributed by atoms with Gasteiger partial charge in [-0.3, -0.25) is 9.97 Å².